The van der Waals surface area contributed by atoms with Crippen LogP contribution >= 0.6 is 35.0 Å². The summed E-state index contributed by atoms with van der Waals surface area (Å²) in [5, 5.41) is 10.3. The topological polar surface area (TPSA) is 29.5 Å². The van der Waals surface area contributed by atoms with Crippen LogP contribution in [-0.4, -0.2) is 24.1 Å². The minimum Gasteiger partial charge on any atom is -0.495 e. The normalized spacial score (nSPS) is 12.9. The summed E-state index contributed by atoms with van der Waals surface area (Å²) in [5.41, 5.74) is 0. The summed E-state index contributed by atoms with van der Waals surface area (Å²) in [7, 11) is 1.55. The van der Waals surface area contributed by atoms with Crippen molar-refractivity contribution in [3.8, 4) is 5.75 Å². The maximum absolute atomic E-state index is 9.30. The van der Waals surface area contributed by atoms with E-state index >= 15 is 0 Å². The van der Waals surface area contributed by atoms with Gasteiger partial charge in [0.1, 0.15) is 10.8 Å². The van der Waals surface area contributed by atoms with Gasteiger partial charge in [0, 0.05) is 10.1 Å². The molecular formula is C12H16Cl2O2S. The minimum atomic E-state index is 0.108. The summed E-state index contributed by atoms with van der Waals surface area (Å²) in [6.45, 7) is 4.24. The van der Waals surface area contributed by atoms with Crippen molar-refractivity contribution in [1.82, 2.24) is 0 Å². The highest BCUT2D eigenvalue weighted by molar-refractivity contribution is 8.00. The third-order valence-corrected chi connectivity index (χ3v) is 5.00. The summed E-state index contributed by atoms with van der Waals surface area (Å²) in [6, 6.07) is 3.65. The molecule has 0 radical (unpaired) electrons. The number of aliphatic hydroxyl groups is 1. The first-order chi connectivity index (χ1) is 8.01. The van der Waals surface area contributed by atoms with Gasteiger partial charge in [-0.1, -0.05) is 37.0 Å². The number of hydrogen-bond donors (Lipinski definition) is 1. The predicted octanol–water partition coefficient (Wildman–Crippen LogP) is 4.11. The molecule has 17 heavy (non-hydrogen) atoms. The molecule has 1 aromatic carbocycles. The molecule has 1 N–H and O–H groups in total. The SMILES string of the molecule is COc1ccc(SC(CO)C(C)C)c(Cl)c1Cl. The standard InChI is InChI=1S/C12H16Cl2O2S/c1-7(2)10(6-15)17-9-5-4-8(16-3)11(13)12(9)14/h4-5,7,10,15H,6H2,1-3H3. The van der Waals surface area contributed by atoms with Crippen molar-refractivity contribution in [2.24, 2.45) is 5.92 Å². The quantitative estimate of drug-likeness (QED) is 0.829. The van der Waals surface area contributed by atoms with E-state index in [0.29, 0.717) is 21.7 Å². The van der Waals surface area contributed by atoms with Crippen LogP contribution in [0.25, 0.3) is 0 Å². The van der Waals surface area contributed by atoms with E-state index in [1.165, 1.54) is 11.8 Å². The van der Waals surface area contributed by atoms with E-state index in [4.69, 9.17) is 27.9 Å². The van der Waals surface area contributed by atoms with Gasteiger partial charge in [-0.3, -0.25) is 0 Å². The predicted molar refractivity (Wildman–Crippen MR) is 74.6 cm³/mol. The highest BCUT2D eigenvalue weighted by Gasteiger charge is 2.18. The van der Waals surface area contributed by atoms with Crippen LogP contribution < -0.4 is 4.74 Å². The summed E-state index contributed by atoms with van der Waals surface area (Å²) in [6.07, 6.45) is 0. The Balaban J connectivity index is 2.96. The summed E-state index contributed by atoms with van der Waals surface area (Å²) < 4.78 is 5.08. The molecule has 0 fully saturated rings. The fraction of sp³-hybridized carbons (Fsp3) is 0.500. The largest absolute Gasteiger partial charge is 0.495 e. The van der Waals surface area contributed by atoms with Crippen LogP contribution in [0.4, 0.5) is 0 Å². The lowest BCUT2D eigenvalue weighted by molar-refractivity contribution is 0.275. The maximum atomic E-state index is 9.30. The van der Waals surface area contributed by atoms with Gasteiger partial charge in [0.2, 0.25) is 0 Å². The third-order valence-electron chi connectivity index (χ3n) is 2.43. The molecule has 0 aliphatic heterocycles. The van der Waals surface area contributed by atoms with Crippen molar-refractivity contribution in [3.05, 3.63) is 22.2 Å². The van der Waals surface area contributed by atoms with Crippen LogP contribution in [-0.2, 0) is 0 Å². The van der Waals surface area contributed by atoms with Crippen LogP contribution in [0.1, 0.15) is 13.8 Å². The Kier molecular flexibility index (Phi) is 5.93. The summed E-state index contributed by atoms with van der Waals surface area (Å²) >= 11 is 13.8. The number of methoxy groups -OCH3 is 1. The fourth-order valence-corrected chi connectivity index (χ4v) is 2.92. The Morgan fingerprint density at radius 2 is 1.94 bits per heavy atom. The number of rotatable bonds is 5. The summed E-state index contributed by atoms with van der Waals surface area (Å²) in [4.78, 5) is 0.866. The van der Waals surface area contributed by atoms with Crippen LogP contribution in [0.5, 0.6) is 5.75 Å². The molecular weight excluding hydrogens is 279 g/mol. The molecule has 0 aromatic heterocycles. The Hall–Kier alpha value is -0.0900. The first-order valence-electron chi connectivity index (χ1n) is 5.30. The highest BCUT2D eigenvalue weighted by Crippen LogP contribution is 2.41. The lowest BCUT2D eigenvalue weighted by atomic mass is 10.1. The molecule has 0 amide bonds. The average molecular weight is 295 g/mol. The Labute approximate surface area is 116 Å². The lowest BCUT2D eigenvalue weighted by Gasteiger charge is -2.19. The Morgan fingerprint density at radius 3 is 2.41 bits per heavy atom. The van der Waals surface area contributed by atoms with E-state index in [2.05, 4.69) is 13.8 Å². The van der Waals surface area contributed by atoms with Gasteiger partial charge in [0.15, 0.2) is 0 Å². The van der Waals surface area contributed by atoms with Crippen LogP contribution in [0.2, 0.25) is 10.0 Å². The highest BCUT2D eigenvalue weighted by atomic mass is 35.5. The number of halogens is 2. The zero-order valence-corrected chi connectivity index (χ0v) is 12.4. The molecule has 0 aliphatic carbocycles. The second-order valence-electron chi connectivity index (χ2n) is 3.98. The number of hydrogen-bond acceptors (Lipinski definition) is 3. The molecule has 0 heterocycles. The van der Waals surface area contributed by atoms with E-state index in [-0.39, 0.29) is 11.9 Å². The molecule has 1 unspecified atom stereocenters. The van der Waals surface area contributed by atoms with Gasteiger partial charge in [0.25, 0.3) is 0 Å². The van der Waals surface area contributed by atoms with Crippen molar-refractivity contribution in [1.29, 1.82) is 0 Å². The lowest BCUT2D eigenvalue weighted by Crippen LogP contribution is -2.15. The second-order valence-corrected chi connectivity index (χ2v) is 6.01. The van der Waals surface area contributed by atoms with E-state index in [1.54, 1.807) is 13.2 Å². The van der Waals surface area contributed by atoms with Crippen molar-refractivity contribution in [2.75, 3.05) is 13.7 Å². The Bertz CT molecular complexity index is 383. The molecule has 1 rings (SSSR count). The van der Waals surface area contributed by atoms with Crippen LogP contribution in [0.15, 0.2) is 17.0 Å². The zero-order valence-electron chi connectivity index (χ0n) is 10.0. The molecule has 96 valence electrons. The number of thioether (sulfide) groups is 1. The second kappa shape index (κ2) is 6.74. The van der Waals surface area contributed by atoms with Crippen molar-refractivity contribution in [3.63, 3.8) is 0 Å². The Morgan fingerprint density at radius 1 is 1.29 bits per heavy atom. The van der Waals surface area contributed by atoms with Gasteiger partial charge >= 0.3 is 0 Å². The smallest absolute Gasteiger partial charge is 0.139 e. The van der Waals surface area contributed by atoms with Crippen molar-refractivity contribution >= 4 is 35.0 Å². The zero-order chi connectivity index (χ0) is 13.0. The fourth-order valence-electron chi connectivity index (χ4n) is 1.31. The monoisotopic (exact) mass is 294 g/mol. The van der Waals surface area contributed by atoms with E-state index in [1.807, 2.05) is 6.07 Å². The average Bonchev–Trinajstić information content (AvgIpc) is 2.30. The molecule has 0 saturated carbocycles. The van der Waals surface area contributed by atoms with E-state index in [0.717, 1.165) is 4.90 Å². The van der Waals surface area contributed by atoms with Crippen LogP contribution in [0.3, 0.4) is 0 Å². The summed E-state index contributed by atoms with van der Waals surface area (Å²) in [5.74, 6) is 0.924. The van der Waals surface area contributed by atoms with E-state index in [9.17, 15) is 5.11 Å². The van der Waals surface area contributed by atoms with Crippen LogP contribution in [0, 0.1) is 5.92 Å². The van der Waals surface area contributed by atoms with Gasteiger partial charge < -0.3 is 9.84 Å². The molecule has 1 atom stereocenters. The maximum Gasteiger partial charge on any atom is 0.139 e. The third kappa shape index (κ3) is 3.68. The van der Waals surface area contributed by atoms with E-state index < -0.39 is 0 Å². The van der Waals surface area contributed by atoms with Gasteiger partial charge in [-0.05, 0) is 18.1 Å². The molecule has 5 heteroatoms. The number of ether oxygens (including phenoxy) is 1. The number of benzene rings is 1. The van der Waals surface area contributed by atoms with Gasteiger partial charge in [0.05, 0.1) is 18.7 Å². The number of aliphatic hydroxyl groups excluding tert-OH is 1. The molecule has 0 aliphatic rings. The first kappa shape index (κ1) is 15.0. The van der Waals surface area contributed by atoms with Gasteiger partial charge in [-0.15, -0.1) is 11.8 Å². The van der Waals surface area contributed by atoms with Crippen molar-refractivity contribution in [2.45, 2.75) is 24.0 Å². The first-order valence-corrected chi connectivity index (χ1v) is 6.94. The molecule has 1 aromatic rings. The molecule has 0 saturated heterocycles. The minimum absolute atomic E-state index is 0.108. The molecule has 2 nitrogen and oxygen atoms in total. The van der Waals surface area contributed by atoms with Crippen molar-refractivity contribution < 1.29 is 9.84 Å². The van der Waals surface area contributed by atoms with Gasteiger partial charge in [-0.25, -0.2) is 0 Å². The molecule has 0 bridgehead atoms. The van der Waals surface area contributed by atoms with Gasteiger partial charge in [-0.2, -0.15) is 0 Å². The molecule has 0 spiro atoms.